The van der Waals surface area contributed by atoms with Crippen molar-refractivity contribution < 1.29 is 28.5 Å². The summed E-state index contributed by atoms with van der Waals surface area (Å²) in [7, 11) is 0. The average molecular weight is 204 g/mol. The van der Waals surface area contributed by atoms with Crippen molar-refractivity contribution in [3.05, 3.63) is 0 Å². The Bertz CT molecular complexity index is 164. The van der Waals surface area contributed by atoms with Gasteiger partial charge in [0.05, 0.1) is 26.4 Å². The lowest BCUT2D eigenvalue weighted by molar-refractivity contribution is 0.0184. The molecule has 0 aliphatic carbocycles. The average Bonchev–Trinajstić information content (AvgIpc) is 2.21. The topological polar surface area (TPSA) is 71.1 Å². The zero-order valence-electron chi connectivity index (χ0n) is 7.69. The number of carbonyl (C=O) groups excluding carboxylic acids is 2. The van der Waals surface area contributed by atoms with Crippen molar-refractivity contribution in [3.63, 3.8) is 0 Å². The molecular weight excluding hydrogens is 192 g/mol. The van der Waals surface area contributed by atoms with E-state index >= 15 is 0 Å². The van der Waals surface area contributed by atoms with Crippen LogP contribution in [0.5, 0.6) is 0 Å². The predicted octanol–water partition coefficient (Wildman–Crippen LogP) is 1.09. The molecule has 2 rings (SSSR count). The summed E-state index contributed by atoms with van der Waals surface area (Å²) in [6.07, 6.45) is 0.579. The maximum absolute atomic E-state index is 10.0. The van der Waals surface area contributed by atoms with E-state index in [1.807, 2.05) is 0 Å². The Kier molecular flexibility index (Phi) is 4.60. The van der Waals surface area contributed by atoms with Crippen LogP contribution in [0.25, 0.3) is 0 Å². The molecule has 0 bridgehead atoms. The summed E-state index contributed by atoms with van der Waals surface area (Å²) in [6.45, 7) is 2.05. The zero-order chi connectivity index (χ0) is 10.2. The normalized spacial score (nSPS) is 20.3. The van der Waals surface area contributed by atoms with Crippen LogP contribution in [0.3, 0.4) is 0 Å². The van der Waals surface area contributed by atoms with E-state index in [9.17, 15) is 9.59 Å². The fraction of sp³-hybridized carbons (Fsp3) is 0.750. The highest BCUT2D eigenvalue weighted by Crippen LogP contribution is 1.96. The molecular formula is C8H12O6. The Balaban J connectivity index is 0.000000140. The van der Waals surface area contributed by atoms with Crippen LogP contribution >= 0.6 is 0 Å². The SMILES string of the molecule is O=C1OCCCO1.O=C1OCCCO1. The van der Waals surface area contributed by atoms with Crippen molar-refractivity contribution >= 4 is 12.3 Å². The molecule has 80 valence electrons. The van der Waals surface area contributed by atoms with Gasteiger partial charge in [-0.3, -0.25) is 0 Å². The fourth-order valence-corrected chi connectivity index (χ4v) is 0.823. The molecule has 0 spiro atoms. The minimum Gasteiger partial charge on any atom is -0.434 e. The van der Waals surface area contributed by atoms with Crippen LogP contribution in [0, 0.1) is 0 Å². The molecule has 14 heavy (non-hydrogen) atoms. The molecule has 0 saturated carbocycles. The van der Waals surface area contributed by atoms with Gasteiger partial charge in [0, 0.05) is 12.8 Å². The van der Waals surface area contributed by atoms with Gasteiger partial charge >= 0.3 is 12.3 Å². The van der Waals surface area contributed by atoms with Crippen molar-refractivity contribution in [2.45, 2.75) is 12.8 Å². The van der Waals surface area contributed by atoms with Crippen LogP contribution in [0.4, 0.5) is 9.59 Å². The minimum atomic E-state index is -0.536. The number of hydrogen-bond acceptors (Lipinski definition) is 6. The van der Waals surface area contributed by atoms with E-state index in [0.29, 0.717) is 26.4 Å². The first-order valence-corrected chi connectivity index (χ1v) is 4.38. The zero-order valence-corrected chi connectivity index (χ0v) is 7.69. The second-order valence-electron chi connectivity index (χ2n) is 2.60. The molecule has 0 amide bonds. The first-order valence-electron chi connectivity index (χ1n) is 4.38. The standard InChI is InChI=1S/2C4H6O3/c2*5-4-6-2-1-3-7-4/h2*1-3H2. The van der Waals surface area contributed by atoms with Gasteiger partial charge in [-0.1, -0.05) is 0 Å². The molecule has 2 aliphatic rings. The highest BCUT2D eigenvalue weighted by atomic mass is 16.7. The molecule has 0 atom stereocenters. The molecule has 2 saturated heterocycles. The van der Waals surface area contributed by atoms with E-state index < -0.39 is 12.3 Å². The lowest BCUT2D eigenvalue weighted by atomic mass is 10.5. The van der Waals surface area contributed by atoms with E-state index in [0.717, 1.165) is 12.8 Å². The maximum Gasteiger partial charge on any atom is 0.508 e. The molecule has 0 aromatic rings. The van der Waals surface area contributed by atoms with Crippen LogP contribution < -0.4 is 0 Å². The van der Waals surface area contributed by atoms with Gasteiger partial charge in [0.25, 0.3) is 0 Å². The molecule has 2 fully saturated rings. The van der Waals surface area contributed by atoms with E-state index in [1.54, 1.807) is 0 Å². The Labute approximate surface area is 81.1 Å². The number of carbonyl (C=O) groups is 2. The maximum atomic E-state index is 10.0. The molecule has 6 heteroatoms. The lowest BCUT2D eigenvalue weighted by Crippen LogP contribution is -2.16. The third kappa shape index (κ3) is 4.54. The minimum absolute atomic E-state index is 0.513. The van der Waals surface area contributed by atoms with E-state index in [-0.39, 0.29) is 0 Å². The highest BCUT2D eigenvalue weighted by molar-refractivity contribution is 5.60. The van der Waals surface area contributed by atoms with Gasteiger partial charge in [-0.2, -0.15) is 0 Å². The van der Waals surface area contributed by atoms with Gasteiger partial charge in [-0.15, -0.1) is 0 Å². The van der Waals surface area contributed by atoms with Gasteiger partial charge < -0.3 is 18.9 Å². The Hall–Kier alpha value is -1.46. The van der Waals surface area contributed by atoms with Crippen LogP contribution in [0.15, 0.2) is 0 Å². The Morgan fingerprint density at radius 3 is 1.07 bits per heavy atom. The second-order valence-corrected chi connectivity index (χ2v) is 2.60. The van der Waals surface area contributed by atoms with Gasteiger partial charge in [0.2, 0.25) is 0 Å². The summed E-state index contributed by atoms with van der Waals surface area (Å²) in [6, 6.07) is 0. The van der Waals surface area contributed by atoms with Gasteiger partial charge in [-0.25, -0.2) is 9.59 Å². The number of rotatable bonds is 0. The second kappa shape index (κ2) is 6.06. The van der Waals surface area contributed by atoms with Crippen molar-refractivity contribution in [2.24, 2.45) is 0 Å². The van der Waals surface area contributed by atoms with Crippen molar-refractivity contribution in [1.82, 2.24) is 0 Å². The Morgan fingerprint density at radius 2 is 0.929 bits per heavy atom. The van der Waals surface area contributed by atoms with E-state index in [4.69, 9.17) is 0 Å². The fourth-order valence-electron chi connectivity index (χ4n) is 0.823. The van der Waals surface area contributed by atoms with Gasteiger partial charge in [0.15, 0.2) is 0 Å². The third-order valence-corrected chi connectivity index (χ3v) is 1.46. The monoisotopic (exact) mass is 204 g/mol. The molecule has 0 N–H and O–H groups in total. The first-order chi connectivity index (χ1) is 6.79. The quantitative estimate of drug-likeness (QED) is 0.550. The summed E-state index contributed by atoms with van der Waals surface area (Å²) >= 11 is 0. The third-order valence-electron chi connectivity index (χ3n) is 1.46. The van der Waals surface area contributed by atoms with Crippen molar-refractivity contribution in [2.75, 3.05) is 26.4 Å². The molecule has 2 heterocycles. The number of ether oxygens (including phenoxy) is 4. The Morgan fingerprint density at radius 1 is 0.643 bits per heavy atom. The van der Waals surface area contributed by atoms with Crippen LogP contribution in [-0.4, -0.2) is 38.7 Å². The van der Waals surface area contributed by atoms with Crippen LogP contribution in [-0.2, 0) is 18.9 Å². The predicted molar refractivity (Wildman–Crippen MR) is 43.8 cm³/mol. The molecule has 0 unspecified atom stereocenters. The van der Waals surface area contributed by atoms with E-state index in [1.165, 1.54) is 0 Å². The molecule has 2 aliphatic heterocycles. The number of cyclic esters (lactones) is 4. The molecule has 0 aromatic heterocycles. The van der Waals surface area contributed by atoms with Crippen LogP contribution in [0.1, 0.15) is 12.8 Å². The van der Waals surface area contributed by atoms with E-state index in [2.05, 4.69) is 18.9 Å². The van der Waals surface area contributed by atoms with Crippen LogP contribution in [0.2, 0.25) is 0 Å². The van der Waals surface area contributed by atoms with Crippen molar-refractivity contribution in [3.8, 4) is 0 Å². The smallest absolute Gasteiger partial charge is 0.434 e. The van der Waals surface area contributed by atoms with Gasteiger partial charge in [-0.05, 0) is 0 Å². The number of hydrogen-bond donors (Lipinski definition) is 0. The summed E-state index contributed by atoms with van der Waals surface area (Å²) < 4.78 is 17.7. The highest BCUT2D eigenvalue weighted by Gasteiger charge is 2.08. The molecule has 0 radical (unpaired) electrons. The summed E-state index contributed by atoms with van der Waals surface area (Å²) in [5.74, 6) is 0. The largest absolute Gasteiger partial charge is 0.508 e. The lowest BCUT2D eigenvalue weighted by Gasteiger charge is -2.09. The van der Waals surface area contributed by atoms with Gasteiger partial charge in [0.1, 0.15) is 0 Å². The molecule has 6 nitrogen and oxygen atoms in total. The summed E-state index contributed by atoms with van der Waals surface area (Å²) in [4.78, 5) is 20.0. The first kappa shape index (κ1) is 10.6. The summed E-state index contributed by atoms with van der Waals surface area (Å²) in [5, 5.41) is 0. The molecule has 0 aromatic carbocycles. The summed E-state index contributed by atoms with van der Waals surface area (Å²) in [5.41, 5.74) is 0. The van der Waals surface area contributed by atoms with Crippen molar-refractivity contribution in [1.29, 1.82) is 0 Å².